The van der Waals surface area contributed by atoms with E-state index in [1.807, 2.05) is 0 Å². The van der Waals surface area contributed by atoms with Crippen molar-refractivity contribution in [3.8, 4) is 0 Å². The Bertz CT molecular complexity index is 224. The van der Waals surface area contributed by atoms with Gasteiger partial charge >= 0.3 is 17.4 Å². The molecular weight excluding hydrogens is 437 g/mol. The first-order chi connectivity index (χ1) is 5.00. The predicted molar refractivity (Wildman–Crippen MR) is 82.0 cm³/mol. The largest absolute Gasteiger partial charge is 3.00 e. The maximum Gasteiger partial charge on any atom is 3.00 e. The fraction of sp³-hybridized carbons (Fsp3) is 1.00. The van der Waals surface area contributed by atoms with E-state index >= 15 is 0 Å². The Hall–Kier alpha value is -0.248. The molecule has 27 N–H and O–H groups in total. The Labute approximate surface area is 152 Å². The van der Waals surface area contributed by atoms with Crippen LogP contribution in [0.2, 0.25) is 0 Å². The summed E-state index contributed by atoms with van der Waals surface area (Å²) in [4.78, 5) is 0. The molecule has 0 bridgehead atoms. The fourth-order valence-corrected chi connectivity index (χ4v) is 0. The molecule has 0 spiro atoms. The van der Waals surface area contributed by atoms with Crippen molar-refractivity contribution in [1.82, 2.24) is 0 Å². The molecule has 0 saturated heterocycles. The average Bonchev–Trinajstić information content (AvgIpc) is 1.59. The summed E-state index contributed by atoms with van der Waals surface area (Å²) in [5, 5.41) is 0. The Balaban J connectivity index is -0.00000000285. The first kappa shape index (κ1) is 182. The summed E-state index contributed by atoms with van der Waals surface area (Å²) in [7, 11) is -8.58. The molecule has 0 radical (unpaired) electrons. The van der Waals surface area contributed by atoms with Crippen LogP contribution in [0.3, 0.4) is 0 Å². The van der Waals surface area contributed by atoms with E-state index in [4.69, 9.17) is 35.0 Å². The SMILES string of the molecule is CN.O.O.O.O.O.O.O.O.O.O.O.O.O=S(=O)([O-])O.O=S(=O)([O-])[O-].[Al+3]. The monoisotopic (exact) mass is 467 g/mol. The van der Waals surface area contributed by atoms with Crippen molar-refractivity contribution in [1.29, 1.82) is 0 Å². The molecular formula is CH30AlNO20S2. The second-order valence-electron chi connectivity index (χ2n) is 0.836. The molecule has 0 rings (SSSR count). The minimum absolute atomic E-state index is 0. The summed E-state index contributed by atoms with van der Waals surface area (Å²) in [5.41, 5.74) is 4.50. The van der Waals surface area contributed by atoms with Crippen LogP contribution < -0.4 is 5.73 Å². The third-order valence-electron chi connectivity index (χ3n) is 0. The Morgan fingerprint density at radius 3 is 0.560 bits per heavy atom. The van der Waals surface area contributed by atoms with Crippen LogP contribution in [0.5, 0.6) is 0 Å². The van der Waals surface area contributed by atoms with Gasteiger partial charge < -0.3 is 85.1 Å². The molecule has 0 aromatic carbocycles. The van der Waals surface area contributed by atoms with Crippen LogP contribution in [-0.2, 0) is 20.8 Å². The molecule has 24 heteroatoms. The number of hydrogen-bond acceptors (Lipinski definition) is 8. The fourth-order valence-electron chi connectivity index (χ4n) is 0. The zero-order valence-electron chi connectivity index (χ0n) is 12.3. The normalized spacial score (nSPS) is 4.88. The van der Waals surface area contributed by atoms with Gasteiger partial charge in [0.05, 0.1) is 0 Å². The summed E-state index contributed by atoms with van der Waals surface area (Å²) in [6, 6.07) is 0. The van der Waals surface area contributed by atoms with Crippen LogP contribution in [0.25, 0.3) is 0 Å². The molecule has 0 aliphatic heterocycles. The van der Waals surface area contributed by atoms with Gasteiger partial charge in [-0.1, -0.05) is 0 Å². The summed E-state index contributed by atoms with van der Waals surface area (Å²) in [6.07, 6.45) is 0. The molecule has 25 heavy (non-hydrogen) atoms. The van der Waals surface area contributed by atoms with E-state index in [0.717, 1.165) is 0 Å². The molecule has 21 nitrogen and oxygen atoms in total. The Morgan fingerprint density at radius 1 is 0.560 bits per heavy atom. The van der Waals surface area contributed by atoms with Crippen LogP contribution in [0, 0.1) is 0 Å². The number of rotatable bonds is 0. The molecule has 0 aliphatic rings. The van der Waals surface area contributed by atoms with Crippen molar-refractivity contribution < 1.29 is 101 Å². The molecule has 0 fully saturated rings. The number of hydrogen-bond donors (Lipinski definition) is 2. The van der Waals surface area contributed by atoms with E-state index in [2.05, 4.69) is 5.73 Å². The maximum atomic E-state index is 8.63. The minimum atomic E-state index is -5.17. The molecule has 0 saturated carbocycles. The Kier molecular flexibility index (Phi) is 649. The van der Waals surface area contributed by atoms with Crippen LogP contribution in [0.1, 0.15) is 0 Å². The number of nitrogens with two attached hydrogens (primary N) is 1. The molecule has 0 amide bonds. The molecule has 0 aromatic rings. The van der Waals surface area contributed by atoms with E-state index < -0.39 is 20.8 Å². The van der Waals surface area contributed by atoms with Gasteiger partial charge in [0, 0.05) is 10.4 Å². The molecule has 174 valence electrons. The first-order valence-electron chi connectivity index (χ1n) is 1.93. The van der Waals surface area contributed by atoms with Gasteiger partial charge in [0.2, 0.25) is 10.4 Å². The second-order valence-corrected chi connectivity index (χ2v) is 2.51. The van der Waals surface area contributed by atoms with Gasteiger partial charge in [0.15, 0.2) is 0 Å². The van der Waals surface area contributed by atoms with Gasteiger partial charge in [-0.05, 0) is 7.05 Å². The molecule has 0 atom stereocenters. The van der Waals surface area contributed by atoms with Gasteiger partial charge in [0.25, 0.3) is 0 Å². The van der Waals surface area contributed by atoms with Crippen LogP contribution in [0.15, 0.2) is 0 Å². The molecule has 0 aliphatic carbocycles. The third kappa shape index (κ3) is 183000. The smallest absolute Gasteiger partial charge is 0.759 e. The van der Waals surface area contributed by atoms with E-state index in [0.29, 0.717) is 0 Å². The predicted octanol–water partition coefficient (Wildman–Crippen LogP) is -13.0. The van der Waals surface area contributed by atoms with Crippen LogP contribution in [0.4, 0.5) is 0 Å². The quantitative estimate of drug-likeness (QED) is 0.193. The summed E-state index contributed by atoms with van der Waals surface area (Å²) < 4.78 is 66.9. The first-order valence-corrected chi connectivity index (χ1v) is 4.63. The van der Waals surface area contributed by atoms with Gasteiger partial charge in [-0.3, -0.25) is 13.0 Å². The zero-order chi connectivity index (χ0) is 11.0. The van der Waals surface area contributed by atoms with Crippen molar-refractivity contribution >= 4 is 38.2 Å². The van der Waals surface area contributed by atoms with Gasteiger partial charge in [-0.25, -0.2) is 8.42 Å². The van der Waals surface area contributed by atoms with Gasteiger partial charge in [0.1, 0.15) is 0 Å². The van der Waals surface area contributed by atoms with Crippen molar-refractivity contribution in [3.05, 3.63) is 0 Å². The van der Waals surface area contributed by atoms with Crippen molar-refractivity contribution in [2.45, 2.75) is 0 Å². The van der Waals surface area contributed by atoms with E-state index in [1.54, 1.807) is 0 Å². The van der Waals surface area contributed by atoms with Crippen molar-refractivity contribution in [3.63, 3.8) is 0 Å². The zero-order valence-corrected chi connectivity index (χ0v) is 15.1. The van der Waals surface area contributed by atoms with Crippen molar-refractivity contribution in [2.24, 2.45) is 5.73 Å². The second kappa shape index (κ2) is 89.0. The van der Waals surface area contributed by atoms with Crippen LogP contribution in [-0.4, -0.2) is 125 Å². The standard InChI is InChI=1S/CH5N.Al.2H2O4S.12H2O/c1-2;;2*1-5(2,3)4;;;;;;;;;;;;/h2H2,1H3;;2*(H2,1,2,3,4);12*1H2/q;+3;;;;;;;;;;;;;;/p-3. The topological polar surface area (TPSA) is 562 Å². The Morgan fingerprint density at radius 2 is 0.560 bits per heavy atom. The van der Waals surface area contributed by atoms with E-state index in [-0.39, 0.29) is 83.1 Å². The summed E-state index contributed by atoms with van der Waals surface area (Å²) in [6.45, 7) is 0. The molecule has 0 heterocycles. The van der Waals surface area contributed by atoms with E-state index in [9.17, 15) is 0 Å². The molecule has 0 unspecified atom stereocenters. The van der Waals surface area contributed by atoms with E-state index in [1.165, 1.54) is 7.05 Å². The molecule has 0 aromatic heterocycles. The van der Waals surface area contributed by atoms with Gasteiger partial charge in [-0.15, -0.1) is 0 Å². The summed E-state index contributed by atoms with van der Waals surface area (Å²) in [5.74, 6) is 0. The van der Waals surface area contributed by atoms with Crippen LogP contribution >= 0.6 is 0 Å². The summed E-state index contributed by atoms with van der Waals surface area (Å²) >= 11 is 0. The third-order valence-corrected chi connectivity index (χ3v) is 0. The van der Waals surface area contributed by atoms with Crippen molar-refractivity contribution in [2.75, 3.05) is 7.05 Å². The average molecular weight is 467 g/mol. The minimum Gasteiger partial charge on any atom is -0.759 e. The maximum absolute atomic E-state index is 8.63. The van der Waals surface area contributed by atoms with Gasteiger partial charge in [-0.2, -0.15) is 0 Å².